The van der Waals surface area contributed by atoms with Crippen molar-refractivity contribution in [2.45, 2.75) is 19.5 Å². The van der Waals surface area contributed by atoms with E-state index in [0.29, 0.717) is 0 Å². The van der Waals surface area contributed by atoms with Crippen LogP contribution in [0, 0.1) is 0 Å². The Hall–Kier alpha value is -2.27. The maximum absolute atomic E-state index is 6.32. The van der Waals surface area contributed by atoms with Gasteiger partial charge in [-0.2, -0.15) is 5.10 Å². The Morgan fingerprint density at radius 2 is 1.89 bits per heavy atom. The van der Waals surface area contributed by atoms with Crippen molar-refractivity contribution >= 4 is 11.0 Å². The first kappa shape index (κ1) is 11.8. The third-order valence-corrected chi connectivity index (χ3v) is 3.22. The summed E-state index contributed by atoms with van der Waals surface area (Å²) in [7, 11) is 0. The van der Waals surface area contributed by atoms with E-state index in [2.05, 4.69) is 22.0 Å². The van der Waals surface area contributed by atoms with Gasteiger partial charge in [0.2, 0.25) is 0 Å². The van der Waals surface area contributed by atoms with Gasteiger partial charge >= 0.3 is 0 Å². The summed E-state index contributed by atoms with van der Waals surface area (Å²) in [5.74, 6) is 0. The van der Waals surface area contributed by atoms with E-state index in [1.165, 1.54) is 0 Å². The highest BCUT2D eigenvalue weighted by molar-refractivity contribution is 5.74. The van der Waals surface area contributed by atoms with Gasteiger partial charge in [0.25, 0.3) is 0 Å². The van der Waals surface area contributed by atoms with Gasteiger partial charge < -0.3 is 5.73 Å². The molecule has 1 atom stereocenters. The highest BCUT2D eigenvalue weighted by Gasteiger charge is 2.14. The molecule has 0 bridgehead atoms. The number of benzene rings is 1. The van der Waals surface area contributed by atoms with Crippen LogP contribution in [0.25, 0.3) is 11.0 Å². The number of aryl methyl sites for hydroxylation is 1. The van der Waals surface area contributed by atoms with Crippen LogP contribution >= 0.6 is 0 Å². The predicted molar refractivity (Wildman–Crippen MR) is 73.5 cm³/mol. The quantitative estimate of drug-likeness (QED) is 0.774. The summed E-state index contributed by atoms with van der Waals surface area (Å²) in [4.78, 5) is 8.56. The van der Waals surface area contributed by atoms with Crippen LogP contribution in [0.2, 0.25) is 0 Å². The molecule has 96 valence electrons. The number of nitrogens with two attached hydrogens (primary N) is 1. The lowest BCUT2D eigenvalue weighted by Gasteiger charge is -2.14. The maximum atomic E-state index is 6.32. The van der Waals surface area contributed by atoms with E-state index in [9.17, 15) is 0 Å². The van der Waals surface area contributed by atoms with Gasteiger partial charge in [0.1, 0.15) is 0 Å². The number of hydrogen-bond donors (Lipinski definition) is 1. The third-order valence-electron chi connectivity index (χ3n) is 3.22. The predicted octanol–water partition coefficient (Wildman–Crippen LogP) is 1.89. The van der Waals surface area contributed by atoms with Gasteiger partial charge in [0, 0.05) is 25.1 Å². The zero-order valence-electron chi connectivity index (χ0n) is 10.7. The van der Waals surface area contributed by atoms with Crippen LogP contribution in [0.15, 0.2) is 42.9 Å². The number of hydrogen-bond acceptors (Lipinski definition) is 4. The normalized spacial score (nSPS) is 12.7. The molecule has 5 nitrogen and oxygen atoms in total. The average molecular weight is 253 g/mol. The molecule has 5 heteroatoms. The van der Waals surface area contributed by atoms with E-state index in [1.54, 1.807) is 18.6 Å². The Morgan fingerprint density at radius 3 is 2.68 bits per heavy atom. The van der Waals surface area contributed by atoms with Crippen LogP contribution in [0.5, 0.6) is 0 Å². The zero-order chi connectivity index (χ0) is 13.2. The molecule has 0 fully saturated rings. The van der Waals surface area contributed by atoms with Gasteiger partial charge in [-0.05, 0) is 30.7 Å². The molecule has 0 aliphatic carbocycles. The fourth-order valence-electron chi connectivity index (χ4n) is 2.22. The van der Waals surface area contributed by atoms with E-state index in [-0.39, 0.29) is 6.04 Å². The molecule has 0 saturated heterocycles. The molecule has 0 amide bonds. The summed E-state index contributed by atoms with van der Waals surface area (Å²) in [5, 5.41) is 4.25. The smallest absolute Gasteiger partial charge is 0.0890 e. The highest BCUT2D eigenvalue weighted by atomic mass is 15.3. The van der Waals surface area contributed by atoms with Gasteiger partial charge in [-0.25, -0.2) is 0 Å². The number of fused-ring (bicyclic) bond motifs is 1. The number of aromatic nitrogens is 4. The summed E-state index contributed by atoms with van der Waals surface area (Å²) < 4.78 is 1.91. The molecule has 0 aliphatic heterocycles. The van der Waals surface area contributed by atoms with Crippen molar-refractivity contribution in [3.05, 3.63) is 54.1 Å². The lowest BCUT2D eigenvalue weighted by molar-refractivity contribution is 0.601. The lowest BCUT2D eigenvalue weighted by Crippen LogP contribution is -2.17. The van der Waals surface area contributed by atoms with Gasteiger partial charge in [-0.3, -0.25) is 14.6 Å². The topological polar surface area (TPSA) is 69.6 Å². The second-order valence-corrected chi connectivity index (χ2v) is 4.35. The van der Waals surface area contributed by atoms with Gasteiger partial charge in [0.15, 0.2) is 0 Å². The average Bonchev–Trinajstić information content (AvgIpc) is 2.94. The minimum Gasteiger partial charge on any atom is -0.319 e. The monoisotopic (exact) mass is 253 g/mol. The summed E-state index contributed by atoms with van der Waals surface area (Å²) in [6.45, 7) is 2.86. The molecule has 0 spiro atoms. The van der Waals surface area contributed by atoms with Crippen molar-refractivity contribution in [2.75, 3.05) is 0 Å². The van der Waals surface area contributed by atoms with Crippen LogP contribution in [-0.4, -0.2) is 19.7 Å². The second kappa shape index (κ2) is 4.78. The van der Waals surface area contributed by atoms with E-state index in [4.69, 9.17) is 5.73 Å². The first-order valence-electron chi connectivity index (χ1n) is 6.27. The van der Waals surface area contributed by atoms with Crippen LogP contribution in [0.1, 0.15) is 24.2 Å². The number of nitrogens with zero attached hydrogens (tertiary/aromatic N) is 4. The van der Waals surface area contributed by atoms with Gasteiger partial charge in [0.05, 0.1) is 22.8 Å². The van der Waals surface area contributed by atoms with Crippen molar-refractivity contribution in [3.63, 3.8) is 0 Å². The number of rotatable bonds is 3. The standard InChI is InChI=1S/C14H15N5/c1-2-19-13(5-6-18-19)14(15)10-3-4-11-12(9-10)17-8-7-16-11/h3-9,14H,2,15H2,1H3. The maximum Gasteiger partial charge on any atom is 0.0890 e. The van der Waals surface area contributed by atoms with Crippen LogP contribution in [0.3, 0.4) is 0 Å². The van der Waals surface area contributed by atoms with E-state index in [0.717, 1.165) is 28.8 Å². The minimum atomic E-state index is -0.200. The minimum absolute atomic E-state index is 0.200. The van der Waals surface area contributed by atoms with Crippen molar-refractivity contribution < 1.29 is 0 Å². The molecular weight excluding hydrogens is 238 g/mol. The Morgan fingerprint density at radius 1 is 1.11 bits per heavy atom. The SMILES string of the molecule is CCn1nccc1C(N)c1ccc2nccnc2c1. The van der Waals surface area contributed by atoms with Crippen molar-refractivity contribution in [1.29, 1.82) is 0 Å². The molecule has 2 N–H and O–H groups in total. The van der Waals surface area contributed by atoms with E-state index < -0.39 is 0 Å². The second-order valence-electron chi connectivity index (χ2n) is 4.35. The Kier molecular flexibility index (Phi) is 2.97. The lowest BCUT2D eigenvalue weighted by atomic mass is 10.0. The Bertz CT molecular complexity index is 704. The first-order chi connectivity index (χ1) is 9.29. The zero-order valence-corrected chi connectivity index (χ0v) is 10.7. The molecule has 19 heavy (non-hydrogen) atoms. The fraction of sp³-hybridized carbons (Fsp3) is 0.214. The summed E-state index contributed by atoms with van der Waals surface area (Å²) in [6.07, 6.45) is 5.15. The molecule has 0 radical (unpaired) electrons. The molecule has 2 heterocycles. The largest absolute Gasteiger partial charge is 0.319 e. The third kappa shape index (κ3) is 2.08. The van der Waals surface area contributed by atoms with E-state index in [1.807, 2.05) is 28.9 Å². The molecule has 0 saturated carbocycles. The molecule has 1 aromatic carbocycles. The van der Waals surface area contributed by atoms with Crippen LogP contribution in [-0.2, 0) is 6.54 Å². The van der Waals surface area contributed by atoms with Crippen molar-refractivity contribution in [3.8, 4) is 0 Å². The molecule has 1 unspecified atom stereocenters. The first-order valence-corrected chi connectivity index (χ1v) is 6.27. The fourth-order valence-corrected chi connectivity index (χ4v) is 2.22. The van der Waals surface area contributed by atoms with Crippen molar-refractivity contribution in [1.82, 2.24) is 19.7 Å². The molecule has 2 aromatic heterocycles. The Labute approximate surface area is 111 Å². The molecule has 3 aromatic rings. The van der Waals surface area contributed by atoms with Crippen LogP contribution in [0.4, 0.5) is 0 Å². The molecular formula is C14H15N5. The molecule has 3 rings (SSSR count). The summed E-state index contributed by atoms with van der Waals surface area (Å²) >= 11 is 0. The van der Waals surface area contributed by atoms with Gasteiger partial charge in [-0.15, -0.1) is 0 Å². The summed E-state index contributed by atoms with van der Waals surface area (Å²) in [5.41, 5.74) is 10.1. The van der Waals surface area contributed by atoms with Crippen molar-refractivity contribution in [2.24, 2.45) is 5.73 Å². The van der Waals surface area contributed by atoms with Crippen LogP contribution < -0.4 is 5.73 Å². The van der Waals surface area contributed by atoms with E-state index >= 15 is 0 Å². The Balaban J connectivity index is 2.04. The van der Waals surface area contributed by atoms with Gasteiger partial charge in [-0.1, -0.05) is 6.07 Å². The highest BCUT2D eigenvalue weighted by Crippen LogP contribution is 2.21. The summed E-state index contributed by atoms with van der Waals surface area (Å²) in [6, 6.07) is 7.68. The molecule has 0 aliphatic rings.